The second kappa shape index (κ2) is 13.8. The lowest BCUT2D eigenvalue weighted by atomic mass is 10.1. The highest BCUT2D eigenvalue weighted by Gasteiger charge is 2.41. The summed E-state index contributed by atoms with van der Waals surface area (Å²) in [5, 5.41) is 7.47. The molecular formula is C28H38ClF3N6O3. The van der Waals surface area contributed by atoms with Crippen molar-refractivity contribution < 1.29 is 27.9 Å². The number of aliphatic hydroxyl groups is 1. The Hall–Kier alpha value is -2.93. The number of piperazine rings is 1. The fourth-order valence-corrected chi connectivity index (χ4v) is 5.43. The molecule has 2 saturated heterocycles. The van der Waals surface area contributed by atoms with Crippen molar-refractivity contribution in [1.29, 1.82) is 0 Å². The molecule has 2 aliphatic heterocycles. The van der Waals surface area contributed by atoms with Crippen molar-refractivity contribution in [3.05, 3.63) is 46.6 Å². The van der Waals surface area contributed by atoms with Gasteiger partial charge in [-0.05, 0) is 44.7 Å². The van der Waals surface area contributed by atoms with Crippen molar-refractivity contribution in [3.8, 4) is 0 Å². The third-order valence-electron chi connectivity index (χ3n) is 7.40. The summed E-state index contributed by atoms with van der Waals surface area (Å²) >= 11 is 6.62. The number of alkyl halides is 3. The van der Waals surface area contributed by atoms with E-state index < -0.39 is 29.6 Å². The SMILES string of the molecule is CO.Cc1cc(C(F)(F)F)cc(N2C(=O)CCC2C(=O)N(C)c2cccc(Cl)c2N(C)CCN2CCN(C)CC2)n1. The number of aromatic nitrogens is 1. The van der Waals surface area contributed by atoms with Gasteiger partial charge in [0.2, 0.25) is 11.8 Å². The van der Waals surface area contributed by atoms with Crippen LogP contribution in [0.4, 0.5) is 30.4 Å². The number of nitrogens with zero attached hydrogens (tertiary/aromatic N) is 6. The number of likely N-dealkylation sites (N-methyl/N-ethyl adjacent to an activating group) is 3. The van der Waals surface area contributed by atoms with Gasteiger partial charge in [0.15, 0.2) is 0 Å². The number of para-hydroxylation sites is 1. The zero-order valence-electron chi connectivity index (χ0n) is 24.1. The van der Waals surface area contributed by atoms with Gasteiger partial charge in [-0.25, -0.2) is 4.98 Å². The van der Waals surface area contributed by atoms with E-state index in [1.165, 1.54) is 11.8 Å². The summed E-state index contributed by atoms with van der Waals surface area (Å²) in [6, 6.07) is 6.04. The average molecular weight is 599 g/mol. The van der Waals surface area contributed by atoms with E-state index in [2.05, 4.69) is 21.8 Å². The standard InChI is InChI=1S/C27H34ClF3N6O2.CH4O/c1-18-16-19(27(29,30)31)17-23(32-18)37-22(8-9-24(37)38)26(39)35(4)21-7-5-6-20(28)25(21)34(3)12-15-36-13-10-33(2)11-14-36;1-2/h5-7,16-17,22H,8-15H2,1-4H3;2H,1H3. The Morgan fingerprint density at radius 3 is 2.44 bits per heavy atom. The molecule has 1 unspecified atom stereocenters. The summed E-state index contributed by atoms with van der Waals surface area (Å²) in [5.74, 6) is -1.04. The first-order valence-electron chi connectivity index (χ1n) is 13.4. The van der Waals surface area contributed by atoms with Gasteiger partial charge in [-0.2, -0.15) is 13.2 Å². The Balaban J connectivity index is 0.00000226. The molecule has 41 heavy (non-hydrogen) atoms. The van der Waals surface area contributed by atoms with Crippen molar-refractivity contribution >= 4 is 40.6 Å². The number of aryl methyl sites for hydroxylation is 1. The van der Waals surface area contributed by atoms with E-state index in [-0.39, 0.29) is 24.4 Å². The van der Waals surface area contributed by atoms with Gasteiger partial charge in [0, 0.05) is 72.6 Å². The minimum absolute atomic E-state index is 0.0363. The van der Waals surface area contributed by atoms with Crippen molar-refractivity contribution in [3.63, 3.8) is 0 Å². The van der Waals surface area contributed by atoms with Crippen molar-refractivity contribution in [1.82, 2.24) is 14.8 Å². The number of hydrogen-bond acceptors (Lipinski definition) is 7. The van der Waals surface area contributed by atoms with E-state index in [0.29, 0.717) is 22.9 Å². The fourth-order valence-electron chi connectivity index (χ4n) is 5.11. The maximum absolute atomic E-state index is 13.8. The highest BCUT2D eigenvalue weighted by Crippen LogP contribution is 2.38. The topological polar surface area (TPSA) is 83.5 Å². The molecule has 1 N–H and O–H groups in total. The Kier molecular flexibility index (Phi) is 11.0. The number of amides is 2. The highest BCUT2D eigenvalue weighted by atomic mass is 35.5. The number of halogens is 4. The summed E-state index contributed by atoms with van der Waals surface area (Å²) < 4.78 is 40.4. The zero-order valence-corrected chi connectivity index (χ0v) is 24.8. The van der Waals surface area contributed by atoms with Crippen LogP contribution in [-0.2, 0) is 15.8 Å². The van der Waals surface area contributed by atoms with Crippen LogP contribution in [0.15, 0.2) is 30.3 Å². The molecule has 1 aromatic heterocycles. The third-order valence-corrected chi connectivity index (χ3v) is 7.70. The van der Waals surface area contributed by atoms with E-state index >= 15 is 0 Å². The van der Waals surface area contributed by atoms with Crippen LogP contribution in [0.3, 0.4) is 0 Å². The lowest BCUT2D eigenvalue weighted by Gasteiger charge is -2.35. The maximum Gasteiger partial charge on any atom is 0.416 e. The molecule has 0 aliphatic carbocycles. The molecule has 4 rings (SSSR count). The lowest BCUT2D eigenvalue weighted by Crippen LogP contribution is -2.47. The summed E-state index contributed by atoms with van der Waals surface area (Å²) in [7, 11) is 6.62. The molecule has 9 nitrogen and oxygen atoms in total. The average Bonchev–Trinajstić information content (AvgIpc) is 3.33. The van der Waals surface area contributed by atoms with E-state index in [1.807, 2.05) is 11.9 Å². The van der Waals surface area contributed by atoms with Crippen molar-refractivity contribution in [2.75, 3.05) is 82.2 Å². The molecule has 0 bridgehead atoms. The van der Waals surface area contributed by atoms with Crippen LogP contribution in [0.5, 0.6) is 0 Å². The molecule has 2 aromatic rings. The van der Waals surface area contributed by atoms with Gasteiger partial charge < -0.3 is 19.8 Å². The van der Waals surface area contributed by atoms with Crippen molar-refractivity contribution in [2.45, 2.75) is 32.0 Å². The van der Waals surface area contributed by atoms with Crippen LogP contribution in [0, 0.1) is 6.92 Å². The summed E-state index contributed by atoms with van der Waals surface area (Å²) in [5.41, 5.74) is 0.426. The fraction of sp³-hybridized carbons (Fsp3) is 0.536. The van der Waals surface area contributed by atoms with Crippen LogP contribution in [0.25, 0.3) is 0 Å². The third kappa shape index (κ3) is 7.68. The van der Waals surface area contributed by atoms with Crippen LogP contribution in [0.2, 0.25) is 5.02 Å². The first-order valence-corrected chi connectivity index (χ1v) is 13.8. The number of benzene rings is 1. The lowest BCUT2D eigenvalue weighted by molar-refractivity contribution is -0.137. The van der Waals surface area contributed by atoms with Crippen LogP contribution >= 0.6 is 11.6 Å². The molecular weight excluding hydrogens is 561 g/mol. The maximum atomic E-state index is 13.8. The molecule has 226 valence electrons. The Labute approximate surface area is 244 Å². The Morgan fingerprint density at radius 2 is 1.80 bits per heavy atom. The minimum atomic E-state index is -4.61. The molecule has 2 fully saturated rings. The van der Waals surface area contributed by atoms with E-state index in [1.54, 1.807) is 25.2 Å². The second-order valence-corrected chi connectivity index (χ2v) is 10.6. The second-order valence-electron chi connectivity index (χ2n) is 10.2. The van der Waals surface area contributed by atoms with Gasteiger partial charge in [-0.1, -0.05) is 17.7 Å². The number of carbonyl (C=O) groups is 2. The molecule has 2 aliphatic rings. The molecule has 3 heterocycles. The zero-order chi connectivity index (χ0) is 30.5. The molecule has 0 saturated carbocycles. The van der Waals surface area contributed by atoms with Crippen LogP contribution in [-0.4, -0.2) is 105 Å². The van der Waals surface area contributed by atoms with Gasteiger partial charge in [-0.3, -0.25) is 19.4 Å². The smallest absolute Gasteiger partial charge is 0.400 e. The Bertz CT molecular complexity index is 1220. The van der Waals surface area contributed by atoms with E-state index in [9.17, 15) is 22.8 Å². The van der Waals surface area contributed by atoms with Gasteiger partial charge in [0.05, 0.1) is 22.0 Å². The number of aliphatic hydroxyl groups excluding tert-OH is 1. The number of anilines is 3. The first-order chi connectivity index (χ1) is 19.4. The monoisotopic (exact) mass is 598 g/mol. The van der Waals surface area contributed by atoms with Crippen LogP contribution < -0.4 is 14.7 Å². The number of carbonyl (C=O) groups excluding carboxylic acids is 2. The largest absolute Gasteiger partial charge is 0.416 e. The van der Waals surface area contributed by atoms with Crippen LogP contribution in [0.1, 0.15) is 24.1 Å². The predicted octanol–water partition coefficient (Wildman–Crippen LogP) is 3.51. The molecule has 2 amide bonds. The Morgan fingerprint density at radius 1 is 1.15 bits per heavy atom. The number of rotatable bonds is 7. The summed E-state index contributed by atoms with van der Waals surface area (Å²) in [4.78, 5) is 40.0. The molecule has 1 atom stereocenters. The first kappa shape index (κ1) is 32.6. The summed E-state index contributed by atoms with van der Waals surface area (Å²) in [6.07, 6.45) is -4.39. The molecule has 1 aromatic carbocycles. The van der Waals surface area contributed by atoms with Gasteiger partial charge in [0.1, 0.15) is 11.9 Å². The van der Waals surface area contributed by atoms with E-state index in [4.69, 9.17) is 16.7 Å². The number of hydrogen-bond donors (Lipinski definition) is 1. The minimum Gasteiger partial charge on any atom is -0.400 e. The predicted molar refractivity (Wildman–Crippen MR) is 155 cm³/mol. The van der Waals surface area contributed by atoms with Gasteiger partial charge >= 0.3 is 6.18 Å². The molecule has 0 radical (unpaired) electrons. The molecule has 13 heteroatoms. The highest BCUT2D eigenvalue weighted by molar-refractivity contribution is 6.34. The molecule has 0 spiro atoms. The normalized spacial score (nSPS) is 18.2. The number of pyridine rings is 1. The van der Waals surface area contributed by atoms with Gasteiger partial charge in [-0.15, -0.1) is 0 Å². The summed E-state index contributed by atoms with van der Waals surface area (Å²) in [6.45, 7) is 6.92. The van der Waals surface area contributed by atoms with Crippen molar-refractivity contribution in [2.24, 2.45) is 0 Å². The quantitative estimate of drug-likeness (QED) is 0.522. The van der Waals surface area contributed by atoms with E-state index in [0.717, 1.165) is 56.9 Å². The van der Waals surface area contributed by atoms with Gasteiger partial charge in [0.25, 0.3) is 0 Å².